The number of aromatic nitrogens is 5. The van der Waals surface area contributed by atoms with Gasteiger partial charge in [0.2, 0.25) is 5.95 Å². The number of pyridine rings is 1. The number of anilines is 1. The molecule has 1 N–H and O–H groups in total. The largest absolute Gasteiger partial charge is 0.378 e. The third-order valence-electron chi connectivity index (χ3n) is 5.87. The van der Waals surface area contributed by atoms with Crippen LogP contribution in [0.2, 0.25) is 0 Å². The Balaban J connectivity index is 1.53. The fraction of sp³-hybridized carbons (Fsp3) is 0.261. The van der Waals surface area contributed by atoms with Crippen LogP contribution in [-0.4, -0.2) is 53.6 Å². The highest BCUT2D eigenvalue weighted by Gasteiger charge is 2.25. The summed E-state index contributed by atoms with van der Waals surface area (Å²) in [6, 6.07) is 5.49. The minimum Gasteiger partial charge on any atom is -0.378 e. The molecule has 1 fully saturated rings. The van der Waals surface area contributed by atoms with Gasteiger partial charge in [0, 0.05) is 30.9 Å². The summed E-state index contributed by atoms with van der Waals surface area (Å²) >= 11 is 0.771. The van der Waals surface area contributed by atoms with E-state index in [9.17, 15) is 19.3 Å². The minimum atomic E-state index is -0.634. The number of carbonyl (C=O) groups excluding carboxylic acids is 1. The maximum absolute atomic E-state index is 13.4. The molecule has 0 radical (unpaired) electrons. The Bertz CT molecular complexity index is 1460. The first-order valence-corrected chi connectivity index (χ1v) is 12.0. The molecule has 0 aliphatic carbocycles. The van der Waals surface area contributed by atoms with E-state index in [4.69, 9.17) is 4.98 Å². The zero-order valence-corrected chi connectivity index (χ0v) is 20.0. The fourth-order valence-electron chi connectivity index (χ4n) is 4.13. The van der Waals surface area contributed by atoms with Crippen LogP contribution in [0.3, 0.4) is 0 Å². The molecule has 184 valence electrons. The minimum absolute atomic E-state index is 0.0987. The molecule has 5 heterocycles. The predicted octanol–water partition coefficient (Wildman–Crippen LogP) is 4.42. The van der Waals surface area contributed by atoms with Crippen molar-refractivity contribution < 1.29 is 14.1 Å². The highest BCUT2D eigenvalue weighted by molar-refractivity contribution is 7.17. The summed E-state index contributed by atoms with van der Waals surface area (Å²) in [4.78, 5) is 38.7. The number of halogens is 1. The van der Waals surface area contributed by atoms with Crippen LogP contribution in [0.25, 0.3) is 22.4 Å². The molecule has 1 aliphatic rings. The van der Waals surface area contributed by atoms with Crippen molar-refractivity contribution in [1.29, 1.82) is 0 Å². The number of thiophene rings is 1. The van der Waals surface area contributed by atoms with Gasteiger partial charge < -0.3 is 10.2 Å². The Morgan fingerprint density at radius 1 is 1.22 bits per heavy atom. The summed E-state index contributed by atoms with van der Waals surface area (Å²) < 4.78 is 15.3. The standard InChI is InChI=1S/C23H21FN8O3S/c1-2-9-30-10-7-15(8-11-30)31-22-16(13-26-31)21(27-20(28-22)14-3-5-18(24)25-12-14)29-23(33)17-4-6-19(36-17)32(34)35/h2-6,9,12-13,15H,7-8,10-11H2,1H3,(H,27,28,29,33). The van der Waals surface area contributed by atoms with Crippen molar-refractivity contribution >= 4 is 39.1 Å². The molecule has 0 saturated carbocycles. The van der Waals surface area contributed by atoms with E-state index in [2.05, 4.69) is 31.5 Å². The molecule has 13 heteroatoms. The molecule has 1 amide bonds. The summed E-state index contributed by atoms with van der Waals surface area (Å²) in [5.41, 5.74) is 0.998. The van der Waals surface area contributed by atoms with Crippen LogP contribution in [-0.2, 0) is 0 Å². The quantitative estimate of drug-likeness (QED) is 0.230. The number of likely N-dealkylation sites (tertiary alicyclic amines) is 1. The molecule has 5 rings (SSSR count). The van der Waals surface area contributed by atoms with E-state index in [1.807, 2.05) is 17.7 Å². The van der Waals surface area contributed by atoms with Gasteiger partial charge >= 0.3 is 5.00 Å². The number of rotatable bonds is 6. The van der Waals surface area contributed by atoms with Crippen LogP contribution in [0.15, 0.2) is 48.9 Å². The first-order chi connectivity index (χ1) is 17.4. The lowest BCUT2D eigenvalue weighted by molar-refractivity contribution is -0.380. The Morgan fingerprint density at radius 2 is 2.03 bits per heavy atom. The second kappa shape index (κ2) is 9.77. The number of nitro groups is 1. The lowest BCUT2D eigenvalue weighted by Gasteiger charge is -2.31. The van der Waals surface area contributed by atoms with Crippen LogP contribution in [0.1, 0.15) is 35.5 Å². The average Bonchev–Trinajstić information content (AvgIpc) is 3.53. The smallest absolute Gasteiger partial charge is 0.324 e. The molecule has 11 nitrogen and oxygen atoms in total. The van der Waals surface area contributed by atoms with Crippen molar-refractivity contribution in [3.05, 3.63) is 69.9 Å². The molecule has 4 aromatic heterocycles. The van der Waals surface area contributed by atoms with E-state index in [0.717, 1.165) is 37.3 Å². The lowest BCUT2D eigenvalue weighted by atomic mass is 10.1. The van der Waals surface area contributed by atoms with Crippen LogP contribution in [0, 0.1) is 16.1 Å². The highest BCUT2D eigenvalue weighted by atomic mass is 32.1. The zero-order chi connectivity index (χ0) is 25.2. The second-order valence-electron chi connectivity index (χ2n) is 8.19. The highest BCUT2D eigenvalue weighted by Crippen LogP contribution is 2.31. The van der Waals surface area contributed by atoms with Gasteiger partial charge in [0.1, 0.15) is 5.82 Å². The van der Waals surface area contributed by atoms with Gasteiger partial charge in [0.15, 0.2) is 11.5 Å². The number of hydrogen-bond donors (Lipinski definition) is 1. The van der Waals surface area contributed by atoms with Crippen molar-refractivity contribution in [1.82, 2.24) is 29.6 Å². The number of piperidine rings is 1. The summed E-state index contributed by atoms with van der Waals surface area (Å²) in [5, 5.41) is 18.7. The van der Waals surface area contributed by atoms with E-state index in [-0.39, 0.29) is 27.6 Å². The van der Waals surface area contributed by atoms with Crippen LogP contribution in [0.5, 0.6) is 0 Å². The van der Waals surface area contributed by atoms with E-state index in [1.165, 1.54) is 30.5 Å². The Hall–Kier alpha value is -4.26. The van der Waals surface area contributed by atoms with Gasteiger partial charge in [-0.05, 0) is 44.2 Å². The molecule has 4 aromatic rings. The van der Waals surface area contributed by atoms with Crippen LogP contribution in [0.4, 0.5) is 15.2 Å². The molecule has 0 atom stereocenters. The lowest BCUT2D eigenvalue weighted by Crippen LogP contribution is -2.31. The Morgan fingerprint density at radius 3 is 2.69 bits per heavy atom. The first kappa shape index (κ1) is 23.5. The van der Waals surface area contributed by atoms with Gasteiger partial charge in [0.05, 0.1) is 27.4 Å². The third kappa shape index (κ3) is 4.64. The van der Waals surface area contributed by atoms with Gasteiger partial charge in [-0.25, -0.2) is 19.6 Å². The van der Waals surface area contributed by atoms with Crippen molar-refractivity contribution in [3.8, 4) is 11.4 Å². The number of hydrogen-bond acceptors (Lipinski definition) is 9. The van der Waals surface area contributed by atoms with E-state index < -0.39 is 16.8 Å². The summed E-state index contributed by atoms with van der Waals surface area (Å²) in [6.07, 6.45) is 8.73. The van der Waals surface area contributed by atoms with Crippen LogP contribution >= 0.6 is 11.3 Å². The molecular formula is C23H21FN8O3S. The molecule has 0 aromatic carbocycles. The molecule has 36 heavy (non-hydrogen) atoms. The van der Waals surface area contributed by atoms with Crippen LogP contribution < -0.4 is 5.32 Å². The number of amides is 1. The normalized spacial score (nSPS) is 14.6. The Kier molecular flexibility index (Phi) is 6.38. The maximum atomic E-state index is 13.4. The number of carbonyl (C=O) groups is 1. The monoisotopic (exact) mass is 508 g/mol. The topological polar surface area (TPSA) is 132 Å². The Labute approximate surface area is 208 Å². The number of nitrogens with one attached hydrogen (secondary N) is 1. The van der Waals surface area contributed by atoms with E-state index in [1.54, 1.807) is 6.20 Å². The molecule has 1 aliphatic heterocycles. The third-order valence-corrected chi connectivity index (χ3v) is 6.91. The number of fused-ring (bicyclic) bond motifs is 1. The number of allylic oxidation sites excluding steroid dienone is 1. The van der Waals surface area contributed by atoms with E-state index in [0.29, 0.717) is 16.6 Å². The van der Waals surface area contributed by atoms with Crippen molar-refractivity contribution in [2.75, 3.05) is 18.4 Å². The molecule has 0 unspecified atom stereocenters. The molecule has 1 saturated heterocycles. The maximum Gasteiger partial charge on any atom is 0.324 e. The van der Waals surface area contributed by atoms with Gasteiger partial charge in [0.25, 0.3) is 5.91 Å². The van der Waals surface area contributed by atoms with Crippen molar-refractivity contribution in [2.45, 2.75) is 25.8 Å². The fourth-order valence-corrected chi connectivity index (χ4v) is 4.85. The predicted molar refractivity (Wildman–Crippen MR) is 132 cm³/mol. The van der Waals surface area contributed by atoms with Gasteiger partial charge in [-0.2, -0.15) is 9.49 Å². The average molecular weight is 509 g/mol. The van der Waals surface area contributed by atoms with Gasteiger partial charge in [-0.1, -0.05) is 17.4 Å². The molecule has 0 bridgehead atoms. The van der Waals surface area contributed by atoms with Gasteiger partial charge in [-0.3, -0.25) is 14.9 Å². The van der Waals surface area contributed by atoms with Crippen molar-refractivity contribution in [3.63, 3.8) is 0 Å². The van der Waals surface area contributed by atoms with Crippen molar-refractivity contribution in [2.24, 2.45) is 0 Å². The van der Waals surface area contributed by atoms with Gasteiger partial charge in [-0.15, -0.1) is 0 Å². The summed E-state index contributed by atoms with van der Waals surface area (Å²) in [6.45, 7) is 3.73. The second-order valence-corrected chi connectivity index (χ2v) is 9.25. The SMILES string of the molecule is CC=CN1CCC(n2ncc3c(NC(=O)c4ccc([N+](=O)[O-])s4)nc(-c4ccc(F)nc4)nc32)CC1. The number of nitrogens with zero attached hydrogens (tertiary/aromatic N) is 7. The summed E-state index contributed by atoms with van der Waals surface area (Å²) in [7, 11) is 0. The molecule has 0 spiro atoms. The summed E-state index contributed by atoms with van der Waals surface area (Å²) in [5.74, 6) is -0.720. The first-order valence-electron chi connectivity index (χ1n) is 11.2. The zero-order valence-electron chi connectivity index (χ0n) is 19.2. The van der Waals surface area contributed by atoms with E-state index >= 15 is 0 Å². The molecular weight excluding hydrogens is 487 g/mol.